The third-order valence-electron chi connectivity index (χ3n) is 2.84. The van der Waals surface area contributed by atoms with Crippen molar-refractivity contribution in [3.05, 3.63) is 0 Å². The van der Waals surface area contributed by atoms with Crippen LogP contribution in [0.2, 0.25) is 0 Å². The molecule has 14 heavy (non-hydrogen) atoms. The predicted molar refractivity (Wildman–Crippen MR) is 56.6 cm³/mol. The highest BCUT2D eigenvalue weighted by Crippen LogP contribution is 2.23. The van der Waals surface area contributed by atoms with Gasteiger partial charge in [0.15, 0.2) is 0 Å². The Hall–Kier alpha value is -0.610. The molecule has 0 spiro atoms. The fourth-order valence-corrected chi connectivity index (χ4v) is 1.93. The van der Waals surface area contributed by atoms with E-state index in [1.54, 1.807) is 0 Å². The van der Waals surface area contributed by atoms with Crippen LogP contribution in [-0.2, 0) is 4.79 Å². The summed E-state index contributed by atoms with van der Waals surface area (Å²) in [5.41, 5.74) is 11.2. The van der Waals surface area contributed by atoms with Gasteiger partial charge in [0, 0.05) is 12.6 Å². The first-order valence-electron chi connectivity index (χ1n) is 5.49. The van der Waals surface area contributed by atoms with E-state index in [0.29, 0.717) is 6.54 Å². The number of carbonyl (C=O) groups is 1. The first kappa shape index (κ1) is 11.5. The highest BCUT2D eigenvalue weighted by molar-refractivity contribution is 5.79. The van der Waals surface area contributed by atoms with Crippen molar-refractivity contribution in [3.63, 3.8) is 0 Å². The Kier molecular flexibility index (Phi) is 4.90. The first-order chi connectivity index (χ1) is 6.75. The molecule has 0 bridgehead atoms. The molecule has 1 rings (SSSR count). The molecule has 1 fully saturated rings. The smallest absolute Gasteiger partial charge is 0.224 e. The number of rotatable bonds is 5. The standard InChI is InChI=1S/C10H21N3O/c11-6-1-2-7-13-10(14)8-4-3-5-9(8)12/h8-9H,1-7,11-12H2,(H,13,14). The number of nitrogens with two attached hydrogens (primary N) is 2. The summed E-state index contributed by atoms with van der Waals surface area (Å²) in [7, 11) is 0. The van der Waals surface area contributed by atoms with E-state index < -0.39 is 0 Å². The summed E-state index contributed by atoms with van der Waals surface area (Å²) in [5.74, 6) is 0.180. The van der Waals surface area contributed by atoms with E-state index in [1.165, 1.54) is 0 Å². The van der Waals surface area contributed by atoms with Gasteiger partial charge in [-0.25, -0.2) is 0 Å². The van der Waals surface area contributed by atoms with Crippen LogP contribution in [0.3, 0.4) is 0 Å². The fourth-order valence-electron chi connectivity index (χ4n) is 1.93. The minimum absolute atomic E-state index is 0.0490. The largest absolute Gasteiger partial charge is 0.356 e. The van der Waals surface area contributed by atoms with Gasteiger partial charge in [0.1, 0.15) is 0 Å². The molecule has 1 saturated carbocycles. The molecule has 0 heterocycles. The van der Waals surface area contributed by atoms with Gasteiger partial charge in [-0.05, 0) is 32.2 Å². The summed E-state index contributed by atoms with van der Waals surface area (Å²) >= 11 is 0. The number of carbonyl (C=O) groups excluding carboxylic acids is 1. The molecule has 0 aromatic heterocycles. The van der Waals surface area contributed by atoms with E-state index in [0.717, 1.165) is 38.6 Å². The van der Waals surface area contributed by atoms with Gasteiger partial charge in [0.25, 0.3) is 0 Å². The summed E-state index contributed by atoms with van der Waals surface area (Å²) in [6.45, 7) is 1.43. The number of unbranched alkanes of at least 4 members (excludes halogenated alkanes) is 1. The Labute approximate surface area is 85.4 Å². The van der Waals surface area contributed by atoms with Gasteiger partial charge in [-0.15, -0.1) is 0 Å². The normalized spacial score (nSPS) is 26.4. The molecule has 1 aliphatic carbocycles. The van der Waals surface area contributed by atoms with Gasteiger partial charge in [-0.2, -0.15) is 0 Å². The maximum Gasteiger partial charge on any atom is 0.224 e. The van der Waals surface area contributed by atoms with Crippen molar-refractivity contribution in [2.75, 3.05) is 13.1 Å². The molecule has 0 saturated heterocycles. The van der Waals surface area contributed by atoms with Crippen LogP contribution in [0.25, 0.3) is 0 Å². The molecule has 0 radical (unpaired) electrons. The Balaban J connectivity index is 2.14. The van der Waals surface area contributed by atoms with Crippen LogP contribution in [0.15, 0.2) is 0 Å². The molecule has 1 amide bonds. The number of nitrogens with one attached hydrogen (secondary N) is 1. The zero-order valence-corrected chi connectivity index (χ0v) is 8.67. The van der Waals surface area contributed by atoms with Crippen molar-refractivity contribution in [1.82, 2.24) is 5.32 Å². The Bertz CT molecular complexity index is 184. The molecule has 0 aromatic rings. The minimum atomic E-state index is 0.0490. The van der Waals surface area contributed by atoms with Gasteiger partial charge in [0.2, 0.25) is 5.91 Å². The molecule has 2 unspecified atom stereocenters. The summed E-state index contributed by atoms with van der Waals surface area (Å²) in [6, 6.07) is 0.0736. The fraction of sp³-hybridized carbons (Fsp3) is 0.900. The minimum Gasteiger partial charge on any atom is -0.356 e. The lowest BCUT2D eigenvalue weighted by Crippen LogP contribution is -2.39. The first-order valence-corrected chi connectivity index (χ1v) is 5.49. The van der Waals surface area contributed by atoms with Crippen LogP contribution in [0.5, 0.6) is 0 Å². The lowest BCUT2D eigenvalue weighted by atomic mass is 10.0. The van der Waals surface area contributed by atoms with Crippen molar-refractivity contribution < 1.29 is 4.79 Å². The highest BCUT2D eigenvalue weighted by Gasteiger charge is 2.29. The van der Waals surface area contributed by atoms with E-state index >= 15 is 0 Å². The quantitative estimate of drug-likeness (QED) is 0.544. The second kappa shape index (κ2) is 5.98. The van der Waals surface area contributed by atoms with E-state index in [4.69, 9.17) is 11.5 Å². The highest BCUT2D eigenvalue weighted by atomic mass is 16.1. The molecule has 5 N–H and O–H groups in total. The molecule has 1 aliphatic rings. The molecule has 0 aliphatic heterocycles. The van der Waals surface area contributed by atoms with Crippen LogP contribution < -0.4 is 16.8 Å². The van der Waals surface area contributed by atoms with E-state index in [-0.39, 0.29) is 17.9 Å². The Morgan fingerprint density at radius 1 is 1.36 bits per heavy atom. The van der Waals surface area contributed by atoms with Crippen LogP contribution in [0.4, 0.5) is 0 Å². The molecule has 2 atom stereocenters. The topological polar surface area (TPSA) is 81.1 Å². The van der Waals surface area contributed by atoms with Crippen LogP contribution in [0.1, 0.15) is 32.1 Å². The maximum absolute atomic E-state index is 11.6. The average molecular weight is 199 g/mol. The van der Waals surface area contributed by atoms with Crippen molar-refractivity contribution in [2.45, 2.75) is 38.1 Å². The molecule has 4 heteroatoms. The molecule has 82 valence electrons. The van der Waals surface area contributed by atoms with Crippen LogP contribution >= 0.6 is 0 Å². The van der Waals surface area contributed by atoms with Crippen molar-refractivity contribution >= 4 is 5.91 Å². The second-order valence-corrected chi connectivity index (χ2v) is 3.99. The van der Waals surface area contributed by atoms with Crippen molar-refractivity contribution in [2.24, 2.45) is 17.4 Å². The Morgan fingerprint density at radius 3 is 2.71 bits per heavy atom. The van der Waals surface area contributed by atoms with Crippen LogP contribution in [0, 0.1) is 5.92 Å². The summed E-state index contributed by atoms with van der Waals surface area (Å²) in [5, 5.41) is 2.92. The third kappa shape index (κ3) is 3.27. The summed E-state index contributed by atoms with van der Waals surface area (Å²) in [4.78, 5) is 11.6. The second-order valence-electron chi connectivity index (χ2n) is 3.99. The average Bonchev–Trinajstić information content (AvgIpc) is 2.59. The van der Waals surface area contributed by atoms with Crippen molar-refractivity contribution in [3.8, 4) is 0 Å². The van der Waals surface area contributed by atoms with E-state index in [9.17, 15) is 4.79 Å². The molecule has 0 aromatic carbocycles. The van der Waals surface area contributed by atoms with Crippen molar-refractivity contribution in [1.29, 1.82) is 0 Å². The lowest BCUT2D eigenvalue weighted by Gasteiger charge is -2.14. The molecule has 4 nitrogen and oxygen atoms in total. The van der Waals surface area contributed by atoms with Gasteiger partial charge in [0.05, 0.1) is 5.92 Å². The van der Waals surface area contributed by atoms with E-state index in [2.05, 4.69) is 5.32 Å². The van der Waals surface area contributed by atoms with Gasteiger partial charge >= 0.3 is 0 Å². The van der Waals surface area contributed by atoms with Crippen LogP contribution in [-0.4, -0.2) is 25.0 Å². The van der Waals surface area contributed by atoms with E-state index in [1.807, 2.05) is 0 Å². The Morgan fingerprint density at radius 2 is 2.14 bits per heavy atom. The van der Waals surface area contributed by atoms with Gasteiger partial charge in [-0.1, -0.05) is 6.42 Å². The number of hydrogen-bond acceptors (Lipinski definition) is 3. The number of amides is 1. The maximum atomic E-state index is 11.6. The lowest BCUT2D eigenvalue weighted by molar-refractivity contribution is -0.125. The van der Waals surface area contributed by atoms with Gasteiger partial charge in [-0.3, -0.25) is 4.79 Å². The zero-order valence-electron chi connectivity index (χ0n) is 8.67. The SMILES string of the molecule is NCCCCNC(=O)C1CCCC1N. The van der Waals surface area contributed by atoms with Gasteiger partial charge < -0.3 is 16.8 Å². The summed E-state index contributed by atoms with van der Waals surface area (Å²) in [6.07, 6.45) is 4.95. The number of hydrogen-bond donors (Lipinski definition) is 3. The summed E-state index contributed by atoms with van der Waals surface area (Å²) < 4.78 is 0. The zero-order chi connectivity index (χ0) is 10.4. The molecular weight excluding hydrogens is 178 g/mol. The third-order valence-corrected chi connectivity index (χ3v) is 2.84. The molecular formula is C10H21N3O. The monoisotopic (exact) mass is 199 g/mol. The predicted octanol–water partition coefficient (Wildman–Crippen LogP) is -0.0311.